The van der Waals surface area contributed by atoms with Crippen LogP contribution in [0.4, 0.5) is 0 Å². The SMILES string of the molecule is O=C(NCC1NC(C(=O)O)CS1)c1ccccc1. The number of hydrogen-bond acceptors (Lipinski definition) is 4. The molecule has 0 saturated carbocycles. The molecular weight excluding hydrogens is 252 g/mol. The third-order valence-electron chi connectivity index (χ3n) is 2.63. The molecule has 2 atom stereocenters. The van der Waals surface area contributed by atoms with Crippen molar-refractivity contribution in [1.82, 2.24) is 10.6 Å². The first kappa shape index (κ1) is 12.9. The molecule has 1 aliphatic rings. The monoisotopic (exact) mass is 266 g/mol. The molecule has 6 heteroatoms. The Morgan fingerprint density at radius 3 is 2.72 bits per heavy atom. The van der Waals surface area contributed by atoms with Gasteiger partial charge in [-0.1, -0.05) is 18.2 Å². The third-order valence-corrected chi connectivity index (χ3v) is 3.86. The summed E-state index contributed by atoms with van der Waals surface area (Å²) in [6.07, 6.45) is 0. The molecule has 96 valence electrons. The van der Waals surface area contributed by atoms with Crippen LogP contribution in [0.25, 0.3) is 0 Å². The number of nitrogens with one attached hydrogen (secondary N) is 2. The van der Waals surface area contributed by atoms with Crippen LogP contribution in [0, 0.1) is 0 Å². The van der Waals surface area contributed by atoms with Crippen LogP contribution in [0.3, 0.4) is 0 Å². The van der Waals surface area contributed by atoms with Gasteiger partial charge in [-0.25, -0.2) is 0 Å². The number of carbonyl (C=O) groups is 2. The third kappa shape index (κ3) is 3.24. The highest BCUT2D eigenvalue weighted by molar-refractivity contribution is 8.00. The highest BCUT2D eigenvalue weighted by Crippen LogP contribution is 2.18. The maximum atomic E-state index is 11.8. The minimum atomic E-state index is -0.848. The Hall–Kier alpha value is -1.53. The first-order valence-corrected chi connectivity index (χ1v) is 6.65. The van der Waals surface area contributed by atoms with E-state index in [-0.39, 0.29) is 11.3 Å². The Morgan fingerprint density at radius 1 is 1.39 bits per heavy atom. The van der Waals surface area contributed by atoms with E-state index in [4.69, 9.17) is 5.11 Å². The van der Waals surface area contributed by atoms with E-state index < -0.39 is 12.0 Å². The van der Waals surface area contributed by atoms with Crippen molar-refractivity contribution in [3.63, 3.8) is 0 Å². The van der Waals surface area contributed by atoms with Crippen LogP contribution in [0.15, 0.2) is 30.3 Å². The van der Waals surface area contributed by atoms with Crippen LogP contribution >= 0.6 is 11.8 Å². The normalized spacial score (nSPS) is 22.7. The van der Waals surface area contributed by atoms with Gasteiger partial charge in [0.05, 0.1) is 5.37 Å². The number of rotatable bonds is 4. The number of carbonyl (C=O) groups excluding carboxylic acids is 1. The Bertz CT molecular complexity index is 438. The van der Waals surface area contributed by atoms with Crippen LogP contribution < -0.4 is 10.6 Å². The van der Waals surface area contributed by atoms with Crippen LogP contribution in [0.5, 0.6) is 0 Å². The fourth-order valence-corrected chi connectivity index (χ4v) is 2.80. The van der Waals surface area contributed by atoms with Gasteiger partial charge in [0.1, 0.15) is 6.04 Å². The average Bonchev–Trinajstić information content (AvgIpc) is 2.86. The first-order valence-electron chi connectivity index (χ1n) is 5.60. The number of thioether (sulfide) groups is 1. The number of hydrogen-bond donors (Lipinski definition) is 3. The second-order valence-electron chi connectivity index (χ2n) is 3.96. The van der Waals surface area contributed by atoms with E-state index in [1.165, 1.54) is 11.8 Å². The maximum absolute atomic E-state index is 11.8. The van der Waals surface area contributed by atoms with E-state index in [1.54, 1.807) is 24.3 Å². The van der Waals surface area contributed by atoms with Crippen LogP contribution in [0.2, 0.25) is 0 Å². The van der Waals surface area contributed by atoms with E-state index in [0.29, 0.717) is 17.9 Å². The number of carboxylic acid groups (broad SMARTS) is 1. The molecule has 5 nitrogen and oxygen atoms in total. The summed E-state index contributed by atoms with van der Waals surface area (Å²) in [5.74, 6) is -0.461. The van der Waals surface area contributed by atoms with Gasteiger partial charge < -0.3 is 10.4 Å². The van der Waals surface area contributed by atoms with Crippen molar-refractivity contribution in [2.45, 2.75) is 11.4 Å². The Labute approximate surface area is 109 Å². The summed E-state index contributed by atoms with van der Waals surface area (Å²) in [6, 6.07) is 8.42. The van der Waals surface area contributed by atoms with Crippen LogP contribution in [-0.4, -0.2) is 40.7 Å². The fraction of sp³-hybridized carbons (Fsp3) is 0.333. The predicted molar refractivity (Wildman–Crippen MR) is 69.6 cm³/mol. The molecule has 1 fully saturated rings. The van der Waals surface area contributed by atoms with Gasteiger partial charge in [0.15, 0.2) is 0 Å². The zero-order valence-electron chi connectivity index (χ0n) is 9.63. The molecule has 1 aromatic rings. The minimum Gasteiger partial charge on any atom is -0.480 e. The highest BCUT2D eigenvalue weighted by Gasteiger charge is 2.29. The molecular formula is C12H14N2O3S. The van der Waals surface area contributed by atoms with Crippen molar-refractivity contribution in [2.75, 3.05) is 12.3 Å². The summed E-state index contributed by atoms with van der Waals surface area (Å²) >= 11 is 1.51. The lowest BCUT2D eigenvalue weighted by Crippen LogP contribution is -2.42. The summed E-state index contributed by atoms with van der Waals surface area (Å²) in [6.45, 7) is 0.419. The molecule has 0 radical (unpaired) electrons. The van der Waals surface area contributed by atoms with Crippen molar-refractivity contribution >= 4 is 23.6 Å². The van der Waals surface area contributed by atoms with Crippen molar-refractivity contribution in [2.24, 2.45) is 0 Å². The second kappa shape index (κ2) is 5.88. The van der Waals surface area contributed by atoms with Crippen molar-refractivity contribution < 1.29 is 14.7 Å². The molecule has 1 aliphatic heterocycles. The molecule has 0 aromatic heterocycles. The van der Waals surface area contributed by atoms with Crippen molar-refractivity contribution in [3.8, 4) is 0 Å². The van der Waals surface area contributed by atoms with Crippen molar-refractivity contribution in [3.05, 3.63) is 35.9 Å². The summed E-state index contributed by atoms with van der Waals surface area (Å²) in [7, 11) is 0. The first-order chi connectivity index (χ1) is 8.66. The van der Waals surface area contributed by atoms with Gasteiger partial charge in [0.2, 0.25) is 0 Å². The van der Waals surface area contributed by atoms with Gasteiger partial charge in [-0.2, -0.15) is 0 Å². The minimum absolute atomic E-state index is 0.0428. The van der Waals surface area contributed by atoms with E-state index in [1.807, 2.05) is 6.07 Å². The molecule has 1 saturated heterocycles. The van der Waals surface area contributed by atoms with E-state index >= 15 is 0 Å². The number of carboxylic acids is 1. The standard InChI is InChI=1S/C12H14N2O3S/c15-11(8-4-2-1-3-5-8)13-6-10-14-9(7-18-10)12(16)17/h1-5,9-10,14H,6-7H2,(H,13,15)(H,16,17). The molecule has 1 aromatic carbocycles. The molecule has 2 rings (SSSR count). The maximum Gasteiger partial charge on any atom is 0.321 e. The molecule has 1 heterocycles. The molecule has 1 amide bonds. The lowest BCUT2D eigenvalue weighted by atomic mass is 10.2. The van der Waals surface area contributed by atoms with Gasteiger partial charge in [-0.05, 0) is 12.1 Å². The smallest absolute Gasteiger partial charge is 0.321 e. The summed E-state index contributed by atoms with van der Waals surface area (Å²) in [5, 5.41) is 14.5. The Kier molecular flexibility index (Phi) is 4.22. The molecule has 2 unspecified atom stereocenters. The van der Waals surface area contributed by atoms with E-state index in [0.717, 1.165) is 0 Å². The summed E-state index contributed by atoms with van der Waals surface area (Å²) < 4.78 is 0. The van der Waals surface area contributed by atoms with E-state index in [9.17, 15) is 9.59 Å². The number of aliphatic carboxylic acids is 1. The lowest BCUT2D eigenvalue weighted by molar-refractivity contribution is -0.138. The lowest BCUT2D eigenvalue weighted by Gasteiger charge is -2.12. The van der Waals surface area contributed by atoms with Crippen LogP contribution in [-0.2, 0) is 4.79 Å². The Morgan fingerprint density at radius 2 is 2.11 bits per heavy atom. The fourth-order valence-electron chi connectivity index (χ4n) is 1.67. The van der Waals surface area contributed by atoms with Gasteiger partial charge in [0, 0.05) is 17.9 Å². The topological polar surface area (TPSA) is 78.4 Å². The van der Waals surface area contributed by atoms with Gasteiger partial charge in [0.25, 0.3) is 5.91 Å². The average molecular weight is 266 g/mol. The summed E-state index contributed by atoms with van der Waals surface area (Å²) in [4.78, 5) is 22.5. The molecule has 0 aliphatic carbocycles. The molecule has 0 bridgehead atoms. The van der Waals surface area contributed by atoms with Gasteiger partial charge in [-0.3, -0.25) is 14.9 Å². The second-order valence-corrected chi connectivity index (χ2v) is 5.19. The highest BCUT2D eigenvalue weighted by atomic mass is 32.2. The molecule has 3 N–H and O–H groups in total. The number of amides is 1. The largest absolute Gasteiger partial charge is 0.480 e. The zero-order valence-corrected chi connectivity index (χ0v) is 10.4. The summed E-state index contributed by atoms with van der Waals surface area (Å²) in [5.41, 5.74) is 0.607. The van der Waals surface area contributed by atoms with Crippen molar-refractivity contribution in [1.29, 1.82) is 0 Å². The predicted octanol–water partition coefficient (Wildman–Crippen LogP) is 0.532. The van der Waals surface area contributed by atoms with Crippen LogP contribution in [0.1, 0.15) is 10.4 Å². The zero-order chi connectivity index (χ0) is 13.0. The molecule has 18 heavy (non-hydrogen) atoms. The van der Waals surface area contributed by atoms with Gasteiger partial charge in [-0.15, -0.1) is 11.8 Å². The van der Waals surface area contributed by atoms with Gasteiger partial charge >= 0.3 is 5.97 Å². The quantitative estimate of drug-likeness (QED) is 0.741. The molecule has 0 spiro atoms. The van der Waals surface area contributed by atoms with E-state index in [2.05, 4.69) is 10.6 Å². The number of benzene rings is 1. The Balaban J connectivity index is 1.79.